The highest BCUT2D eigenvalue weighted by Crippen LogP contribution is 2.24. The van der Waals surface area contributed by atoms with E-state index in [-0.39, 0.29) is 6.42 Å². The summed E-state index contributed by atoms with van der Waals surface area (Å²) in [6.07, 6.45) is -0.0797. The van der Waals surface area contributed by atoms with Crippen LogP contribution in [0.15, 0.2) is 17.0 Å². The Kier molecular flexibility index (Phi) is 4.18. The predicted molar refractivity (Wildman–Crippen MR) is 62.4 cm³/mol. The van der Waals surface area contributed by atoms with Gasteiger partial charge >= 0.3 is 5.97 Å². The van der Waals surface area contributed by atoms with Crippen molar-refractivity contribution in [1.82, 2.24) is 0 Å². The van der Waals surface area contributed by atoms with Gasteiger partial charge in [-0.1, -0.05) is 22.0 Å². The third-order valence-electron chi connectivity index (χ3n) is 1.98. The summed E-state index contributed by atoms with van der Waals surface area (Å²) >= 11 is 7.39. The maximum absolute atomic E-state index is 10.6. The molecule has 0 aromatic heterocycles. The number of rotatable bonds is 3. The van der Waals surface area contributed by atoms with E-state index >= 15 is 0 Å². The first-order valence-electron chi connectivity index (χ1n) is 4.11. The van der Waals surface area contributed by atoms with Crippen molar-refractivity contribution in [3.8, 4) is 6.07 Å². The van der Waals surface area contributed by atoms with Gasteiger partial charge in [-0.05, 0) is 17.2 Å². The number of benzene rings is 1. The highest BCUT2D eigenvalue weighted by Gasteiger charge is 2.12. The lowest BCUT2D eigenvalue weighted by Gasteiger charge is -2.08. The van der Waals surface area contributed by atoms with Crippen LogP contribution < -0.4 is 0 Å². The van der Waals surface area contributed by atoms with Crippen LogP contribution in [0.5, 0.6) is 0 Å². The van der Waals surface area contributed by atoms with E-state index in [1.165, 1.54) is 0 Å². The lowest BCUT2D eigenvalue weighted by molar-refractivity contribution is -0.136. The third kappa shape index (κ3) is 2.74. The van der Waals surface area contributed by atoms with Crippen LogP contribution in [0.2, 0.25) is 0 Å². The first-order valence-corrected chi connectivity index (χ1v) is 5.68. The van der Waals surface area contributed by atoms with Crippen molar-refractivity contribution < 1.29 is 9.90 Å². The molecule has 0 spiro atoms. The molecule has 0 saturated heterocycles. The van der Waals surface area contributed by atoms with Crippen molar-refractivity contribution >= 4 is 34.5 Å². The fraction of sp³-hybridized carbons (Fsp3) is 0.200. The third-order valence-corrected chi connectivity index (χ3v) is 2.91. The molecule has 1 rings (SSSR count). The zero-order chi connectivity index (χ0) is 11.4. The van der Waals surface area contributed by atoms with Gasteiger partial charge in [0, 0.05) is 10.2 Å². The lowest BCUT2D eigenvalue weighted by atomic mass is 10.0. The maximum Gasteiger partial charge on any atom is 0.307 e. The van der Waals surface area contributed by atoms with Crippen LogP contribution in [-0.2, 0) is 16.5 Å². The van der Waals surface area contributed by atoms with E-state index in [0.717, 1.165) is 0 Å². The van der Waals surface area contributed by atoms with Gasteiger partial charge in [0.25, 0.3) is 0 Å². The van der Waals surface area contributed by atoms with Crippen LogP contribution in [0.1, 0.15) is 16.7 Å². The normalized spacial score (nSPS) is 9.67. The number of thiol groups is 1. The average Bonchev–Trinajstić information content (AvgIpc) is 2.19. The second-order valence-corrected chi connectivity index (χ2v) is 3.96. The second-order valence-electron chi connectivity index (χ2n) is 2.91. The van der Waals surface area contributed by atoms with Crippen LogP contribution in [0, 0.1) is 11.3 Å². The van der Waals surface area contributed by atoms with Crippen molar-refractivity contribution in [3.05, 3.63) is 28.8 Å². The van der Waals surface area contributed by atoms with E-state index < -0.39 is 5.97 Å². The molecule has 0 fully saturated rings. The lowest BCUT2D eigenvalue weighted by Crippen LogP contribution is -2.04. The average molecular weight is 286 g/mol. The number of aliphatic carboxylic acids is 1. The highest BCUT2D eigenvalue weighted by atomic mass is 79.9. The number of alkyl halides is 1. The molecule has 5 heteroatoms. The molecule has 1 N–H and O–H groups in total. The van der Waals surface area contributed by atoms with Gasteiger partial charge in [0.1, 0.15) is 6.07 Å². The first-order chi connectivity index (χ1) is 7.10. The highest BCUT2D eigenvalue weighted by molar-refractivity contribution is 9.08. The Morgan fingerprint density at radius 2 is 2.27 bits per heavy atom. The molecular weight excluding hydrogens is 278 g/mol. The van der Waals surface area contributed by atoms with Gasteiger partial charge in [-0.3, -0.25) is 4.79 Å². The molecule has 3 nitrogen and oxygen atoms in total. The summed E-state index contributed by atoms with van der Waals surface area (Å²) in [6.45, 7) is 0. The molecule has 0 aliphatic heterocycles. The molecule has 15 heavy (non-hydrogen) atoms. The Labute approximate surface area is 101 Å². The van der Waals surface area contributed by atoms with Gasteiger partial charge in [-0.15, -0.1) is 12.6 Å². The summed E-state index contributed by atoms with van der Waals surface area (Å²) in [4.78, 5) is 11.2. The molecule has 0 bridgehead atoms. The van der Waals surface area contributed by atoms with Crippen molar-refractivity contribution in [2.24, 2.45) is 0 Å². The largest absolute Gasteiger partial charge is 0.481 e. The number of nitriles is 1. The Bertz CT molecular complexity index is 440. The molecule has 0 heterocycles. The number of carboxylic acid groups (broad SMARTS) is 1. The van der Waals surface area contributed by atoms with Gasteiger partial charge in [-0.25, -0.2) is 0 Å². The Balaban J connectivity index is 3.30. The van der Waals surface area contributed by atoms with Gasteiger partial charge in [0.05, 0.1) is 12.0 Å². The van der Waals surface area contributed by atoms with Gasteiger partial charge < -0.3 is 5.11 Å². The van der Waals surface area contributed by atoms with E-state index in [2.05, 4.69) is 28.6 Å². The zero-order valence-corrected chi connectivity index (χ0v) is 10.2. The SMILES string of the molecule is N#Cc1c(S)ccc(CC(=O)O)c1CBr. The van der Waals surface area contributed by atoms with E-state index in [0.29, 0.717) is 26.9 Å². The van der Waals surface area contributed by atoms with E-state index in [4.69, 9.17) is 10.4 Å². The van der Waals surface area contributed by atoms with Gasteiger partial charge in [-0.2, -0.15) is 5.26 Å². The summed E-state index contributed by atoms with van der Waals surface area (Å²) in [5, 5.41) is 18.1. The predicted octanol–water partition coefficient (Wildman–Crippen LogP) is 2.37. The van der Waals surface area contributed by atoms with Crippen LogP contribution in [0.4, 0.5) is 0 Å². The quantitative estimate of drug-likeness (QED) is 0.662. The van der Waals surface area contributed by atoms with E-state index in [9.17, 15) is 4.79 Å². The van der Waals surface area contributed by atoms with Crippen molar-refractivity contribution in [2.45, 2.75) is 16.6 Å². The van der Waals surface area contributed by atoms with Crippen LogP contribution in [0.3, 0.4) is 0 Å². The fourth-order valence-corrected chi connectivity index (χ4v) is 2.18. The van der Waals surface area contributed by atoms with Crippen molar-refractivity contribution in [2.75, 3.05) is 0 Å². The molecule has 78 valence electrons. The molecule has 1 aromatic rings. The van der Waals surface area contributed by atoms with Crippen molar-refractivity contribution in [3.63, 3.8) is 0 Å². The number of halogens is 1. The fourth-order valence-electron chi connectivity index (χ4n) is 1.28. The molecule has 0 amide bonds. The first kappa shape index (κ1) is 12.1. The maximum atomic E-state index is 10.6. The van der Waals surface area contributed by atoms with Gasteiger partial charge in [0.15, 0.2) is 0 Å². The second kappa shape index (κ2) is 5.19. The van der Waals surface area contributed by atoms with E-state index in [1.807, 2.05) is 6.07 Å². The van der Waals surface area contributed by atoms with Crippen LogP contribution in [0.25, 0.3) is 0 Å². The minimum absolute atomic E-state index is 0.0797. The zero-order valence-electron chi connectivity index (χ0n) is 7.70. The van der Waals surface area contributed by atoms with E-state index in [1.54, 1.807) is 12.1 Å². The molecule has 0 atom stereocenters. The number of carboxylic acids is 1. The minimum Gasteiger partial charge on any atom is -0.481 e. The van der Waals surface area contributed by atoms with Crippen LogP contribution >= 0.6 is 28.6 Å². The molecule has 0 saturated carbocycles. The monoisotopic (exact) mass is 285 g/mol. The topological polar surface area (TPSA) is 61.1 Å². The molecule has 0 unspecified atom stereocenters. The smallest absolute Gasteiger partial charge is 0.307 e. The Morgan fingerprint density at radius 3 is 2.73 bits per heavy atom. The molecule has 0 aliphatic rings. The Morgan fingerprint density at radius 1 is 1.60 bits per heavy atom. The number of hydrogen-bond donors (Lipinski definition) is 2. The molecule has 0 radical (unpaired) electrons. The van der Waals surface area contributed by atoms with Crippen LogP contribution in [-0.4, -0.2) is 11.1 Å². The summed E-state index contributed by atoms with van der Waals surface area (Å²) in [7, 11) is 0. The number of hydrogen-bond acceptors (Lipinski definition) is 3. The summed E-state index contributed by atoms with van der Waals surface area (Å²) in [5.41, 5.74) is 1.79. The molecule has 0 aliphatic carbocycles. The number of nitrogens with zero attached hydrogens (tertiary/aromatic N) is 1. The summed E-state index contributed by atoms with van der Waals surface area (Å²) in [6, 6.07) is 5.36. The molecule has 1 aromatic carbocycles. The summed E-state index contributed by atoms with van der Waals surface area (Å²) in [5.74, 6) is -0.909. The Hall–Kier alpha value is -0.990. The van der Waals surface area contributed by atoms with Crippen molar-refractivity contribution in [1.29, 1.82) is 5.26 Å². The molecular formula is C10H8BrNO2S. The number of carbonyl (C=O) groups is 1. The van der Waals surface area contributed by atoms with Gasteiger partial charge in [0.2, 0.25) is 0 Å². The standard InChI is InChI=1S/C10H8BrNO2S/c11-4-7-6(3-10(13)14)1-2-9(15)8(7)5-12/h1-2,15H,3-4H2,(H,13,14). The minimum atomic E-state index is -0.909. The summed E-state index contributed by atoms with van der Waals surface area (Å²) < 4.78 is 0.